The quantitative estimate of drug-likeness (QED) is 0.602. The van der Waals surface area contributed by atoms with Crippen molar-refractivity contribution < 1.29 is 14.3 Å². The molecule has 0 bridgehead atoms. The number of ether oxygens (including phenoxy) is 1. The van der Waals surface area contributed by atoms with Gasteiger partial charge >= 0.3 is 6.09 Å². The molecular weight excluding hydrogens is 434 g/mol. The average Bonchev–Trinajstić information content (AvgIpc) is 3.42. The normalized spacial score (nSPS) is 18.1. The van der Waals surface area contributed by atoms with Crippen LogP contribution in [-0.2, 0) is 9.53 Å². The Morgan fingerprint density at radius 3 is 2.30 bits per heavy atom. The number of carbonyl (C=O) groups is 2. The third kappa shape index (κ3) is 5.82. The molecule has 27 heavy (non-hydrogen) atoms. The van der Waals surface area contributed by atoms with Gasteiger partial charge < -0.3 is 15.4 Å². The number of rotatable bonds is 6. The lowest BCUT2D eigenvalue weighted by Crippen LogP contribution is -2.51. The van der Waals surface area contributed by atoms with E-state index in [1.54, 1.807) is 32.9 Å². The minimum absolute atomic E-state index is 0.128. The third-order valence-corrected chi connectivity index (χ3v) is 5.88. The van der Waals surface area contributed by atoms with E-state index in [2.05, 4.69) is 31.5 Å². The van der Waals surface area contributed by atoms with Gasteiger partial charge in [0.25, 0.3) is 0 Å². The number of nitrogens with zero attached hydrogens (tertiary/aromatic N) is 1. The smallest absolute Gasteiger partial charge is 0.408 e. The zero-order chi connectivity index (χ0) is 19.8. The second kappa shape index (κ2) is 7.95. The molecular formula is C19H25BrClN3O3. The van der Waals surface area contributed by atoms with Crippen LogP contribution in [0.25, 0.3) is 0 Å². The van der Waals surface area contributed by atoms with Crippen LogP contribution in [0.5, 0.6) is 0 Å². The first-order valence-corrected chi connectivity index (χ1v) is 10.4. The molecule has 0 aromatic carbocycles. The number of alkyl carbamates (subject to hydrolysis) is 1. The number of halogens is 2. The molecule has 0 spiro atoms. The first-order chi connectivity index (χ1) is 12.6. The monoisotopic (exact) mass is 457 g/mol. The number of aromatic nitrogens is 1. The molecule has 2 aliphatic rings. The maximum atomic E-state index is 13.0. The number of carbonyl (C=O) groups excluding carboxylic acids is 2. The number of pyridine rings is 1. The molecule has 1 aromatic heterocycles. The van der Waals surface area contributed by atoms with Gasteiger partial charge in [0.05, 0.1) is 4.47 Å². The van der Waals surface area contributed by atoms with E-state index in [1.165, 1.54) is 0 Å². The van der Waals surface area contributed by atoms with Crippen LogP contribution in [0.4, 0.5) is 10.6 Å². The van der Waals surface area contributed by atoms with Crippen molar-refractivity contribution in [3.63, 3.8) is 0 Å². The Labute approximate surface area is 172 Å². The summed E-state index contributed by atoms with van der Waals surface area (Å²) in [5, 5.41) is 5.89. The first-order valence-electron chi connectivity index (χ1n) is 9.26. The minimum Gasteiger partial charge on any atom is -0.444 e. The molecule has 2 N–H and O–H groups in total. The van der Waals surface area contributed by atoms with E-state index >= 15 is 0 Å². The highest BCUT2D eigenvalue weighted by Gasteiger charge is 2.48. The van der Waals surface area contributed by atoms with Crippen molar-refractivity contribution in [2.75, 3.05) is 5.32 Å². The average molecular weight is 459 g/mol. The molecule has 6 nitrogen and oxygen atoms in total. The topological polar surface area (TPSA) is 80.3 Å². The highest BCUT2D eigenvalue weighted by atomic mass is 79.9. The molecule has 2 amide bonds. The molecule has 0 radical (unpaired) electrons. The van der Waals surface area contributed by atoms with Crippen LogP contribution in [0, 0.1) is 17.8 Å². The van der Waals surface area contributed by atoms with E-state index in [0.717, 1.165) is 25.7 Å². The molecule has 3 rings (SSSR count). The highest BCUT2D eigenvalue weighted by Crippen LogP contribution is 2.50. The van der Waals surface area contributed by atoms with Gasteiger partial charge in [-0.3, -0.25) is 4.79 Å². The zero-order valence-corrected chi connectivity index (χ0v) is 18.1. The van der Waals surface area contributed by atoms with Gasteiger partial charge in [-0.1, -0.05) is 11.6 Å². The van der Waals surface area contributed by atoms with E-state index in [1.807, 2.05) is 0 Å². The van der Waals surface area contributed by atoms with Gasteiger partial charge in [-0.25, -0.2) is 9.78 Å². The Hall–Kier alpha value is -1.34. The lowest BCUT2D eigenvalue weighted by molar-refractivity contribution is -0.120. The summed E-state index contributed by atoms with van der Waals surface area (Å²) in [5.41, 5.74) is -0.624. The van der Waals surface area contributed by atoms with Gasteiger partial charge in [-0.05, 0) is 92.3 Å². The van der Waals surface area contributed by atoms with Crippen LogP contribution in [-0.4, -0.2) is 28.6 Å². The Balaban J connectivity index is 1.76. The Morgan fingerprint density at radius 2 is 1.81 bits per heavy atom. The van der Waals surface area contributed by atoms with Crippen LogP contribution in [0.2, 0.25) is 5.15 Å². The maximum absolute atomic E-state index is 13.0. The van der Waals surface area contributed by atoms with Crippen molar-refractivity contribution in [3.8, 4) is 0 Å². The molecule has 2 fully saturated rings. The molecule has 0 saturated heterocycles. The van der Waals surface area contributed by atoms with Crippen molar-refractivity contribution >= 4 is 45.3 Å². The van der Waals surface area contributed by atoms with Crippen LogP contribution in [0.15, 0.2) is 16.6 Å². The first kappa shape index (κ1) is 20.4. The van der Waals surface area contributed by atoms with Crippen molar-refractivity contribution in [2.45, 2.75) is 58.1 Å². The molecule has 2 saturated carbocycles. The van der Waals surface area contributed by atoms with E-state index < -0.39 is 17.7 Å². The largest absolute Gasteiger partial charge is 0.444 e. The van der Waals surface area contributed by atoms with Gasteiger partial charge in [0.2, 0.25) is 5.91 Å². The predicted molar refractivity (Wildman–Crippen MR) is 108 cm³/mol. The zero-order valence-electron chi connectivity index (χ0n) is 15.7. The summed E-state index contributed by atoms with van der Waals surface area (Å²) in [5.74, 6) is 1.16. The highest BCUT2D eigenvalue weighted by molar-refractivity contribution is 9.10. The Kier molecular flexibility index (Phi) is 6.01. The fraction of sp³-hybridized carbons (Fsp3) is 0.632. The summed E-state index contributed by atoms with van der Waals surface area (Å²) in [7, 11) is 0. The number of amides is 2. The fourth-order valence-corrected chi connectivity index (χ4v) is 3.73. The van der Waals surface area contributed by atoms with E-state index in [-0.39, 0.29) is 17.0 Å². The molecule has 0 aliphatic heterocycles. The third-order valence-electron chi connectivity index (χ3n) is 4.73. The van der Waals surface area contributed by atoms with Gasteiger partial charge in [0, 0.05) is 0 Å². The summed E-state index contributed by atoms with van der Waals surface area (Å²) >= 11 is 9.30. The summed E-state index contributed by atoms with van der Waals surface area (Å²) in [6.07, 6.45) is 3.83. The van der Waals surface area contributed by atoms with Crippen molar-refractivity contribution in [3.05, 3.63) is 21.8 Å². The summed E-state index contributed by atoms with van der Waals surface area (Å²) in [6, 6.07) is 2.74. The Morgan fingerprint density at radius 1 is 1.22 bits per heavy atom. The molecule has 8 heteroatoms. The number of nitrogens with one attached hydrogen (secondary N) is 2. The van der Waals surface area contributed by atoms with Crippen LogP contribution in [0.3, 0.4) is 0 Å². The number of hydrogen-bond donors (Lipinski definition) is 2. The van der Waals surface area contributed by atoms with Crippen molar-refractivity contribution in [2.24, 2.45) is 17.8 Å². The summed E-state index contributed by atoms with van der Waals surface area (Å²) in [6.45, 7) is 5.40. The second-order valence-corrected chi connectivity index (χ2v) is 9.55. The molecule has 1 atom stereocenters. The van der Waals surface area contributed by atoms with Crippen LogP contribution >= 0.6 is 27.5 Å². The molecule has 1 aromatic rings. The molecule has 0 unspecified atom stereocenters. The number of hydrogen-bond acceptors (Lipinski definition) is 4. The summed E-state index contributed by atoms with van der Waals surface area (Å²) in [4.78, 5) is 29.6. The minimum atomic E-state index is -0.649. The maximum Gasteiger partial charge on any atom is 0.408 e. The van der Waals surface area contributed by atoms with E-state index in [9.17, 15) is 9.59 Å². The van der Waals surface area contributed by atoms with Crippen LogP contribution < -0.4 is 10.6 Å². The Bertz CT molecular complexity index is 717. The van der Waals surface area contributed by atoms with Gasteiger partial charge in [0.15, 0.2) is 0 Å². The molecule has 1 heterocycles. The lowest BCUT2D eigenvalue weighted by Gasteiger charge is -2.29. The molecule has 2 aliphatic carbocycles. The lowest BCUT2D eigenvalue weighted by atomic mass is 9.89. The van der Waals surface area contributed by atoms with Crippen molar-refractivity contribution in [1.82, 2.24) is 10.3 Å². The van der Waals surface area contributed by atoms with E-state index in [4.69, 9.17) is 16.3 Å². The number of anilines is 1. The fourth-order valence-electron chi connectivity index (χ4n) is 3.35. The van der Waals surface area contributed by atoms with E-state index in [0.29, 0.717) is 22.1 Å². The second-order valence-electron chi connectivity index (χ2n) is 8.33. The summed E-state index contributed by atoms with van der Waals surface area (Å²) < 4.78 is 6.03. The van der Waals surface area contributed by atoms with Gasteiger partial charge in [0.1, 0.15) is 22.6 Å². The predicted octanol–water partition coefficient (Wildman–Crippen LogP) is 4.77. The van der Waals surface area contributed by atoms with Crippen molar-refractivity contribution in [1.29, 1.82) is 0 Å². The van der Waals surface area contributed by atoms with Crippen LogP contribution in [0.1, 0.15) is 46.5 Å². The standard InChI is InChI=1S/C19H25BrClN3O3/c1-19(2,3)27-18(26)24-15(14(10-4-5-10)11-6-7-11)17(25)23-13-9-8-12(20)16(21)22-13/h8-11,14-15H,4-7H2,1-3H3,(H,24,26)(H,22,23,25)/t15-/m0/s1. The van der Waals surface area contributed by atoms with Gasteiger partial charge in [-0.15, -0.1) is 0 Å². The molecule has 148 valence electrons. The SMILES string of the molecule is CC(C)(C)OC(=O)N[C@H](C(=O)Nc1ccc(Br)c(Cl)n1)C(C1CC1)C1CC1. The van der Waals surface area contributed by atoms with Gasteiger partial charge in [-0.2, -0.15) is 0 Å².